The highest BCUT2D eigenvalue weighted by molar-refractivity contribution is 5.97. The van der Waals surface area contributed by atoms with Gasteiger partial charge in [0, 0.05) is 12.6 Å². The summed E-state index contributed by atoms with van der Waals surface area (Å²) in [5.41, 5.74) is 9.06. The van der Waals surface area contributed by atoms with Gasteiger partial charge in [0.05, 0.1) is 23.6 Å². The number of hydrogen-bond acceptors (Lipinski definition) is 5. The molecular formula is C13H19N5O2. The number of aryl methyl sites for hydroxylation is 3. The van der Waals surface area contributed by atoms with Crippen LogP contribution in [0.15, 0.2) is 4.52 Å². The summed E-state index contributed by atoms with van der Waals surface area (Å²) in [5, 5.41) is 10.7. The van der Waals surface area contributed by atoms with Crippen molar-refractivity contribution in [3.8, 4) is 0 Å². The van der Waals surface area contributed by atoms with Crippen LogP contribution in [0.3, 0.4) is 0 Å². The third-order valence-corrected chi connectivity index (χ3v) is 3.36. The smallest absolute Gasteiger partial charge is 0.276 e. The molecule has 0 unspecified atom stereocenters. The Balaban J connectivity index is 2.19. The van der Waals surface area contributed by atoms with Crippen LogP contribution in [0.5, 0.6) is 0 Å². The van der Waals surface area contributed by atoms with Gasteiger partial charge in [-0.25, -0.2) is 0 Å². The third kappa shape index (κ3) is 2.38. The molecule has 3 N–H and O–H groups in total. The second-order valence-corrected chi connectivity index (χ2v) is 4.78. The molecule has 0 bridgehead atoms. The molecule has 0 radical (unpaired) electrons. The van der Waals surface area contributed by atoms with E-state index in [9.17, 15) is 4.79 Å². The first-order valence-corrected chi connectivity index (χ1v) is 6.45. The molecule has 0 spiro atoms. The molecule has 0 aromatic carbocycles. The van der Waals surface area contributed by atoms with Gasteiger partial charge in [-0.2, -0.15) is 5.10 Å². The van der Waals surface area contributed by atoms with Gasteiger partial charge in [0.1, 0.15) is 5.76 Å². The minimum Gasteiger partial charge on any atom is -0.395 e. The van der Waals surface area contributed by atoms with E-state index in [2.05, 4.69) is 15.4 Å². The van der Waals surface area contributed by atoms with Crippen molar-refractivity contribution in [3.05, 3.63) is 28.4 Å². The molecule has 2 rings (SSSR count). The van der Waals surface area contributed by atoms with Crippen LogP contribution in [0.25, 0.3) is 0 Å². The van der Waals surface area contributed by atoms with E-state index in [1.165, 1.54) is 0 Å². The topological polar surface area (TPSA) is 101 Å². The highest BCUT2D eigenvalue weighted by atomic mass is 16.5. The molecule has 1 amide bonds. The van der Waals surface area contributed by atoms with E-state index in [0.29, 0.717) is 24.4 Å². The standard InChI is InChI=1S/C13H19N5O2/c1-5-10-11(14)12(16-15-10)13(19)18(4)6-9-7(2)17-20-8(9)3/h5-6,14H2,1-4H3,(H,15,16). The summed E-state index contributed by atoms with van der Waals surface area (Å²) >= 11 is 0. The molecule has 0 fully saturated rings. The highest BCUT2D eigenvalue weighted by Gasteiger charge is 2.22. The summed E-state index contributed by atoms with van der Waals surface area (Å²) in [5.74, 6) is 0.491. The maximum absolute atomic E-state index is 12.4. The fraction of sp³-hybridized carbons (Fsp3) is 0.462. The molecule has 0 aliphatic rings. The molecule has 2 heterocycles. The summed E-state index contributed by atoms with van der Waals surface area (Å²) < 4.78 is 5.09. The van der Waals surface area contributed by atoms with Crippen LogP contribution in [0.1, 0.15) is 40.1 Å². The number of carbonyl (C=O) groups excluding carboxylic acids is 1. The Morgan fingerprint density at radius 2 is 2.15 bits per heavy atom. The van der Waals surface area contributed by atoms with Crippen molar-refractivity contribution in [3.63, 3.8) is 0 Å². The summed E-state index contributed by atoms with van der Waals surface area (Å²) in [6, 6.07) is 0. The second-order valence-electron chi connectivity index (χ2n) is 4.78. The summed E-state index contributed by atoms with van der Waals surface area (Å²) in [7, 11) is 1.70. The van der Waals surface area contributed by atoms with Crippen LogP contribution in [-0.4, -0.2) is 33.2 Å². The Bertz CT molecular complexity index is 609. The molecule has 0 saturated heterocycles. The molecule has 20 heavy (non-hydrogen) atoms. The van der Waals surface area contributed by atoms with E-state index in [1.807, 2.05) is 20.8 Å². The second kappa shape index (κ2) is 5.36. The van der Waals surface area contributed by atoms with Crippen LogP contribution < -0.4 is 5.73 Å². The van der Waals surface area contributed by atoms with Gasteiger partial charge in [-0.05, 0) is 20.3 Å². The number of nitrogen functional groups attached to an aromatic ring is 1. The van der Waals surface area contributed by atoms with Crippen LogP contribution in [0, 0.1) is 13.8 Å². The van der Waals surface area contributed by atoms with Gasteiger partial charge in [-0.3, -0.25) is 9.89 Å². The van der Waals surface area contributed by atoms with E-state index in [-0.39, 0.29) is 11.6 Å². The van der Waals surface area contributed by atoms with Gasteiger partial charge < -0.3 is 15.2 Å². The Morgan fingerprint density at radius 3 is 2.65 bits per heavy atom. The van der Waals surface area contributed by atoms with Crippen molar-refractivity contribution < 1.29 is 9.32 Å². The lowest BCUT2D eigenvalue weighted by molar-refractivity contribution is 0.0779. The zero-order chi connectivity index (χ0) is 14.9. The highest BCUT2D eigenvalue weighted by Crippen LogP contribution is 2.19. The van der Waals surface area contributed by atoms with Crippen molar-refractivity contribution in [1.82, 2.24) is 20.3 Å². The SMILES string of the molecule is CCc1[nH]nc(C(=O)N(C)Cc2c(C)noc2C)c1N. The van der Waals surface area contributed by atoms with Gasteiger partial charge in [-0.15, -0.1) is 0 Å². The van der Waals surface area contributed by atoms with Crippen molar-refractivity contribution in [1.29, 1.82) is 0 Å². The van der Waals surface area contributed by atoms with Gasteiger partial charge in [0.25, 0.3) is 5.91 Å². The number of carbonyl (C=O) groups is 1. The summed E-state index contributed by atoms with van der Waals surface area (Å²) in [4.78, 5) is 13.9. The summed E-state index contributed by atoms with van der Waals surface area (Å²) in [6.45, 7) is 6.04. The Morgan fingerprint density at radius 1 is 1.45 bits per heavy atom. The average Bonchev–Trinajstić information content (AvgIpc) is 2.94. The van der Waals surface area contributed by atoms with Crippen molar-refractivity contribution in [2.75, 3.05) is 12.8 Å². The first-order chi connectivity index (χ1) is 9.45. The van der Waals surface area contributed by atoms with Crippen molar-refractivity contribution in [2.24, 2.45) is 0 Å². The monoisotopic (exact) mass is 277 g/mol. The molecule has 2 aromatic rings. The molecule has 7 heteroatoms. The predicted molar refractivity (Wildman–Crippen MR) is 74.2 cm³/mol. The van der Waals surface area contributed by atoms with Crippen LogP contribution >= 0.6 is 0 Å². The molecule has 108 valence electrons. The number of anilines is 1. The fourth-order valence-corrected chi connectivity index (χ4v) is 2.04. The zero-order valence-corrected chi connectivity index (χ0v) is 12.1. The Hall–Kier alpha value is -2.31. The summed E-state index contributed by atoms with van der Waals surface area (Å²) in [6.07, 6.45) is 0.708. The van der Waals surface area contributed by atoms with Crippen molar-refractivity contribution >= 4 is 11.6 Å². The normalized spacial score (nSPS) is 10.8. The first kappa shape index (κ1) is 14.1. The van der Waals surface area contributed by atoms with E-state index in [4.69, 9.17) is 10.3 Å². The number of rotatable bonds is 4. The molecule has 0 atom stereocenters. The number of aromatic nitrogens is 3. The van der Waals surface area contributed by atoms with E-state index < -0.39 is 0 Å². The van der Waals surface area contributed by atoms with Gasteiger partial charge in [-0.1, -0.05) is 12.1 Å². The average molecular weight is 277 g/mol. The van der Waals surface area contributed by atoms with Gasteiger partial charge in [0.15, 0.2) is 5.69 Å². The van der Waals surface area contributed by atoms with E-state index >= 15 is 0 Å². The number of hydrogen-bond donors (Lipinski definition) is 2. The van der Waals surface area contributed by atoms with E-state index in [0.717, 1.165) is 17.0 Å². The number of amides is 1. The number of nitrogens with one attached hydrogen (secondary N) is 1. The molecule has 0 aliphatic carbocycles. The minimum absolute atomic E-state index is 0.224. The first-order valence-electron chi connectivity index (χ1n) is 6.45. The predicted octanol–water partition coefficient (Wildman–Crippen LogP) is 1.43. The maximum atomic E-state index is 12.4. The third-order valence-electron chi connectivity index (χ3n) is 3.36. The molecular weight excluding hydrogens is 258 g/mol. The number of H-pyrrole nitrogens is 1. The van der Waals surface area contributed by atoms with Crippen LogP contribution in [-0.2, 0) is 13.0 Å². The van der Waals surface area contributed by atoms with Crippen molar-refractivity contribution in [2.45, 2.75) is 33.7 Å². The lowest BCUT2D eigenvalue weighted by atomic mass is 10.2. The van der Waals surface area contributed by atoms with Crippen LogP contribution in [0.2, 0.25) is 0 Å². The number of nitrogens with zero attached hydrogens (tertiary/aromatic N) is 3. The lowest BCUT2D eigenvalue weighted by Crippen LogP contribution is -2.27. The lowest BCUT2D eigenvalue weighted by Gasteiger charge is -2.16. The zero-order valence-electron chi connectivity index (χ0n) is 12.1. The largest absolute Gasteiger partial charge is 0.395 e. The quantitative estimate of drug-likeness (QED) is 0.880. The number of aromatic amines is 1. The molecule has 7 nitrogen and oxygen atoms in total. The Kier molecular flexibility index (Phi) is 3.78. The van der Waals surface area contributed by atoms with Gasteiger partial charge >= 0.3 is 0 Å². The fourth-order valence-electron chi connectivity index (χ4n) is 2.04. The molecule has 0 saturated carbocycles. The maximum Gasteiger partial charge on any atom is 0.276 e. The van der Waals surface area contributed by atoms with E-state index in [1.54, 1.807) is 11.9 Å². The molecule has 2 aromatic heterocycles. The minimum atomic E-state index is -0.224. The van der Waals surface area contributed by atoms with Crippen LogP contribution in [0.4, 0.5) is 5.69 Å². The number of nitrogens with two attached hydrogens (primary N) is 1. The van der Waals surface area contributed by atoms with Gasteiger partial charge in [0.2, 0.25) is 0 Å². The Labute approximate surface area is 117 Å². The molecule has 0 aliphatic heterocycles.